The fraction of sp³-hybridized carbons (Fsp3) is 0.516. The Bertz CT molecular complexity index is 1140. The van der Waals surface area contributed by atoms with Crippen molar-refractivity contribution in [1.82, 2.24) is 25.1 Å². The Morgan fingerprint density at radius 3 is 2.36 bits per heavy atom. The molecule has 2 aromatic rings. The molecule has 0 spiro atoms. The molecule has 8 heteroatoms. The number of fused-ring (bicyclic) bond motifs is 1. The van der Waals surface area contributed by atoms with Gasteiger partial charge in [-0.25, -0.2) is 14.8 Å². The van der Waals surface area contributed by atoms with Gasteiger partial charge >= 0.3 is 6.03 Å². The van der Waals surface area contributed by atoms with E-state index in [-0.39, 0.29) is 42.9 Å². The van der Waals surface area contributed by atoms with Crippen molar-refractivity contribution in [3.8, 4) is 0 Å². The van der Waals surface area contributed by atoms with Gasteiger partial charge in [0, 0.05) is 13.1 Å². The summed E-state index contributed by atoms with van der Waals surface area (Å²) in [4.78, 5) is 45.1. The molecule has 0 aliphatic carbocycles. The summed E-state index contributed by atoms with van der Waals surface area (Å²) < 4.78 is 0. The van der Waals surface area contributed by atoms with E-state index in [1.54, 1.807) is 9.91 Å². The van der Waals surface area contributed by atoms with Gasteiger partial charge in [-0.1, -0.05) is 87.4 Å². The predicted molar refractivity (Wildman–Crippen MR) is 152 cm³/mol. The molecule has 2 fully saturated rings. The number of rotatable bonds is 9. The minimum absolute atomic E-state index is 0.0433. The smallest absolute Gasteiger partial charge is 0.333 e. The third-order valence-electron chi connectivity index (χ3n) is 7.72. The molecule has 2 heterocycles. The largest absolute Gasteiger partial charge is 0.337 e. The summed E-state index contributed by atoms with van der Waals surface area (Å²) in [5.74, 6) is 0.0375. The van der Waals surface area contributed by atoms with E-state index in [2.05, 4.69) is 26.1 Å². The van der Waals surface area contributed by atoms with Crippen LogP contribution >= 0.6 is 0 Å². The van der Waals surface area contributed by atoms with Gasteiger partial charge in [0.15, 0.2) is 0 Å². The lowest BCUT2D eigenvalue weighted by Crippen LogP contribution is -2.76. The van der Waals surface area contributed by atoms with Gasteiger partial charge in [0.25, 0.3) is 0 Å². The monoisotopic (exact) mass is 533 g/mol. The van der Waals surface area contributed by atoms with Crippen LogP contribution in [0, 0.1) is 12.8 Å². The van der Waals surface area contributed by atoms with Crippen LogP contribution in [-0.4, -0.2) is 69.5 Å². The number of hydrazine groups is 1. The Balaban J connectivity index is 1.72. The minimum atomic E-state index is -0.616. The summed E-state index contributed by atoms with van der Waals surface area (Å²) >= 11 is 0. The molecule has 4 rings (SSSR count). The Kier molecular flexibility index (Phi) is 9.28. The average molecular weight is 534 g/mol. The number of hydrogen-bond acceptors (Lipinski definition) is 4. The maximum Gasteiger partial charge on any atom is 0.333 e. The fourth-order valence-corrected chi connectivity index (χ4v) is 5.58. The van der Waals surface area contributed by atoms with Crippen LogP contribution in [0.2, 0.25) is 0 Å². The molecule has 0 unspecified atom stereocenters. The number of nitrogens with zero attached hydrogens (tertiary/aromatic N) is 4. The second kappa shape index (κ2) is 12.6. The van der Waals surface area contributed by atoms with Gasteiger partial charge in [-0.2, -0.15) is 0 Å². The maximum absolute atomic E-state index is 14.0. The molecule has 2 saturated heterocycles. The van der Waals surface area contributed by atoms with Crippen molar-refractivity contribution in [3.05, 3.63) is 71.3 Å². The van der Waals surface area contributed by atoms with Crippen molar-refractivity contribution in [2.24, 2.45) is 5.92 Å². The number of aryl methyl sites for hydroxylation is 1. The van der Waals surface area contributed by atoms with Gasteiger partial charge < -0.3 is 15.1 Å². The second-order valence-electron chi connectivity index (χ2n) is 11.2. The summed E-state index contributed by atoms with van der Waals surface area (Å²) in [7, 11) is 0. The standard InChI is InChI=1S/C31H43N5O3/c1-6-7-17-32-31(39)36-28-20-34(24(5)26-11-9-8-10-12-26)30(38)27(18-22(2)3)35(28)29(37)21-33(36)19-25-15-13-23(4)14-16-25/h8-16,22,24,27-28H,6-7,17-21H2,1-5H3,(H,32,39)/t24-,27-,28-/m0/s1. The minimum Gasteiger partial charge on any atom is -0.337 e. The van der Waals surface area contributed by atoms with Crippen LogP contribution in [0.4, 0.5) is 4.79 Å². The molecular formula is C31H43N5O3. The fourth-order valence-electron chi connectivity index (χ4n) is 5.58. The zero-order chi connectivity index (χ0) is 28.1. The number of amides is 4. The van der Waals surface area contributed by atoms with Crippen molar-refractivity contribution in [2.75, 3.05) is 19.6 Å². The molecule has 4 amide bonds. The summed E-state index contributed by atoms with van der Waals surface area (Å²) in [6.07, 6.45) is 1.79. The maximum atomic E-state index is 14.0. The van der Waals surface area contributed by atoms with Crippen molar-refractivity contribution >= 4 is 17.8 Å². The third kappa shape index (κ3) is 6.44. The van der Waals surface area contributed by atoms with Crippen LogP contribution in [-0.2, 0) is 16.1 Å². The van der Waals surface area contributed by atoms with Crippen molar-refractivity contribution in [1.29, 1.82) is 0 Å². The Hall–Kier alpha value is -3.39. The number of carbonyl (C=O) groups excluding carboxylic acids is 3. The topological polar surface area (TPSA) is 76.2 Å². The molecule has 2 aliphatic rings. The molecule has 210 valence electrons. The van der Waals surface area contributed by atoms with Gasteiger partial charge in [-0.05, 0) is 43.7 Å². The van der Waals surface area contributed by atoms with E-state index in [1.165, 1.54) is 0 Å². The number of carbonyl (C=O) groups is 3. The van der Waals surface area contributed by atoms with Crippen molar-refractivity contribution in [2.45, 2.75) is 78.7 Å². The van der Waals surface area contributed by atoms with E-state index < -0.39 is 12.2 Å². The normalized spacial score (nSPS) is 20.8. The van der Waals surface area contributed by atoms with E-state index in [0.717, 1.165) is 29.5 Å². The van der Waals surface area contributed by atoms with Gasteiger partial charge in [0.1, 0.15) is 12.2 Å². The summed E-state index contributed by atoms with van der Waals surface area (Å²) in [5.41, 5.74) is 3.20. The lowest BCUT2D eigenvalue weighted by atomic mass is 9.95. The number of hydrogen-bond donors (Lipinski definition) is 1. The van der Waals surface area contributed by atoms with Crippen LogP contribution in [0.1, 0.15) is 69.7 Å². The number of urea groups is 1. The molecular weight excluding hydrogens is 490 g/mol. The highest BCUT2D eigenvalue weighted by Crippen LogP contribution is 2.34. The highest BCUT2D eigenvalue weighted by atomic mass is 16.2. The van der Waals surface area contributed by atoms with Crippen molar-refractivity contribution in [3.63, 3.8) is 0 Å². The summed E-state index contributed by atoms with van der Waals surface area (Å²) in [6.45, 7) is 11.6. The van der Waals surface area contributed by atoms with Crippen LogP contribution in [0.3, 0.4) is 0 Å². The molecule has 2 aromatic carbocycles. The van der Waals surface area contributed by atoms with E-state index >= 15 is 0 Å². The first kappa shape index (κ1) is 28.6. The van der Waals surface area contributed by atoms with Crippen LogP contribution in [0.25, 0.3) is 0 Å². The molecule has 0 bridgehead atoms. The van der Waals surface area contributed by atoms with E-state index in [9.17, 15) is 14.4 Å². The molecule has 2 aliphatic heterocycles. The highest BCUT2D eigenvalue weighted by molar-refractivity contribution is 5.91. The number of benzene rings is 2. The number of piperazine rings is 1. The molecule has 0 aromatic heterocycles. The first-order valence-corrected chi connectivity index (χ1v) is 14.2. The Morgan fingerprint density at radius 2 is 1.72 bits per heavy atom. The first-order valence-electron chi connectivity index (χ1n) is 14.2. The van der Waals surface area contributed by atoms with Gasteiger partial charge in [0.05, 0.1) is 19.1 Å². The third-order valence-corrected chi connectivity index (χ3v) is 7.72. The van der Waals surface area contributed by atoms with Crippen LogP contribution < -0.4 is 5.32 Å². The van der Waals surface area contributed by atoms with E-state index in [1.807, 2.05) is 78.4 Å². The van der Waals surface area contributed by atoms with Crippen LogP contribution in [0.15, 0.2) is 54.6 Å². The summed E-state index contributed by atoms with van der Waals surface area (Å²) in [6, 6.07) is 17.1. The highest BCUT2D eigenvalue weighted by Gasteiger charge is 2.52. The molecule has 3 atom stereocenters. The Morgan fingerprint density at radius 1 is 1.03 bits per heavy atom. The predicted octanol–water partition coefficient (Wildman–Crippen LogP) is 4.71. The summed E-state index contributed by atoms with van der Waals surface area (Å²) in [5, 5.41) is 6.63. The van der Waals surface area contributed by atoms with Gasteiger partial charge in [-0.3, -0.25) is 9.59 Å². The molecule has 1 N–H and O–H groups in total. The quantitative estimate of drug-likeness (QED) is 0.474. The lowest BCUT2D eigenvalue weighted by molar-refractivity contribution is -0.195. The molecule has 0 radical (unpaired) electrons. The molecule has 0 saturated carbocycles. The Labute approximate surface area is 232 Å². The second-order valence-corrected chi connectivity index (χ2v) is 11.2. The number of unbranched alkanes of at least 4 members (excludes halogenated alkanes) is 1. The average Bonchev–Trinajstić information content (AvgIpc) is 2.91. The van der Waals surface area contributed by atoms with Crippen molar-refractivity contribution < 1.29 is 14.4 Å². The SMILES string of the molecule is CCCCNC(=O)N1[C@H]2CN([C@@H](C)c3ccccc3)C(=O)[C@H](CC(C)C)N2C(=O)CN1Cc1ccc(C)cc1. The van der Waals surface area contributed by atoms with Gasteiger partial charge in [0.2, 0.25) is 11.8 Å². The molecule has 39 heavy (non-hydrogen) atoms. The first-order chi connectivity index (χ1) is 18.7. The van der Waals surface area contributed by atoms with Gasteiger partial charge in [-0.15, -0.1) is 0 Å². The van der Waals surface area contributed by atoms with E-state index in [0.29, 0.717) is 19.5 Å². The zero-order valence-electron chi connectivity index (χ0n) is 24.0. The van der Waals surface area contributed by atoms with E-state index in [4.69, 9.17) is 0 Å². The molecule has 8 nitrogen and oxygen atoms in total. The zero-order valence-corrected chi connectivity index (χ0v) is 24.0. The van der Waals surface area contributed by atoms with Crippen LogP contribution in [0.5, 0.6) is 0 Å². The number of nitrogens with one attached hydrogen (secondary N) is 1. The lowest BCUT2D eigenvalue weighted by Gasteiger charge is -2.56.